The Morgan fingerprint density at radius 3 is 2.11 bits per heavy atom. The number of hydrogen-bond donors (Lipinski definition) is 0. The number of ketones is 1. The van der Waals surface area contributed by atoms with Crippen molar-refractivity contribution in [2.45, 2.75) is 6.42 Å². The second kappa shape index (κ2) is 8.00. The molecule has 5 aliphatic rings. The molecule has 4 aliphatic carbocycles. The first-order chi connectivity index (χ1) is 16.8. The summed E-state index contributed by atoms with van der Waals surface area (Å²) in [6, 6.07) is 9.08. The molecule has 3 fully saturated rings. The molecule has 35 heavy (non-hydrogen) atoms. The molecule has 0 spiro atoms. The van der Waals surface area contributed by atoms with Gasteiger partial charge in [0.1, 0.15) is 12.4 Å². The molecule has 0 aromatic heterocycles. The van der Waals surface area contributed by atoms with Crippen molar-refractivity contribution in [1.29, 1.82) is 0 Å². The molecule has 2 aromatic carbocycles. The molecule has 1 aliphatic heterocycles. The van der Waals surface area contributed by atoms with Crippen molar-refractivity contribution in [3.8, 4) is 0 Å². The van der Waals surface area contributed by atoms with Crippen LogP contribution in [0, 0.1) is 41.3 Å². The summed E-state index contributed by atoms with van der Waals surface area (Å²) in [6.07, 6.45) is 5.06. The first kappa shape index (κ1) is 22.4. The Morgan fingerprint density at radius 2 is 1.54 bits per heavy atom. The van der Waals surface area contributed by atoms with Crippen LogP contribution in [0.4, 0.5) is 4.39 Å². The molecule has 0 N–H and O–H groups in total. The fraction of sp³-hybridized carbons (Fsp3) is 0.308. The van der Waals surface area contributed by atoms with Gasteiger partial charge in [0.15, 0.2) is 5.78 Å². The summed E-state index contributed by atoms with van der Waals surface area (Å²) in [5.74, 6) is -3.19. The van der Waals surface area contributed by atoms with E-state index in [9.17, 15) is 23.6 Å². The molecule has 7 rings (SSSR count). The highest BCUT2D eigenvalue weighted by Crippen LogP contribution is 2.65. The summed E-state index contributed by atoms with van der Waals surface area (Å²) in [4.78, 5) is 54.0. The summed E-state index contributed by atoms with van der Waals surface area (Å²) in [5, 5.41) is 2.07. The summed E-state index contributed by atoms with van der Waals surface area (Å²) < 4.78 is 13.4. The Bertz CT molecular complexity index is 1290. The van der Waals surface area contributed by atoms with Crippen molar-refractivity contribution in [2.24, 2.45) is 35.5 Å². The van der Waals surface area contributed by atoms with Gasteiger partial charge in [-0.05, 0) is 72.6 Å². The van der Waals surface area contributed by atoms with Crippen LogP contribution in [0.15, 0.2) is 54.6 Å². The van der Waals surface area contributed by atoms with Gasteiger partial charge in [0, 0.05) is 10.6 Å². The summed E-state index contributed by atoms with van der Waals surface area (Å²) in [7, 11) is 0. The van der Waals surface area contributed by atoms with Crippen LogP contribution in [0.25, 0.3) is 0 Å². The zero-order valence-electron chi connectivity index (χ0n) is 18.2. The normalized spacial score (nSPS) is 29.7. The smallest absolute Gasteiger partial charge is 0.274 e. The van der Waals surface area contributed by atoms with E-state index in [0.717, 1.165) is 28.6 Å². The number of rotatable bonds is 5. The van der Waals surface area contributed by atoms with E-state index in [0.29, 0.717) is 16.9 Å². The zero-order valence-corrected chi connectivity index (χ0v) is 19.7. The molecular formula is C26H19Cl2FN2O4. The first-order valence-electron chi connectivity index (χ1n) is 11.4. The number of carbonyl (C=O) groups is 4. The lowest BCUT2D eigenvalue weighted by Crippen LogP contribution is -2.52. The van der Waals surface area contributed by atoms with E-state index in [1.165, 1.54) is 30.3 Å². The van der Waals surface area contributed by atoms with Crippen LogP contribution in [-0.4, -0.2) is 40.1 Å². The predicted octanol–water partition coefficient (Wildman–Crippen LogP) is 4.43. The van der Waals surface area contributed by atoms with Gasteiger partial charge in [0.05, 0.1) is 22.4 Å². The van der Waals surface area contributed by atoms with E-state index in [2.05, 4.69) is 0 Å². The Kier molecular flexibility index (Phi) is 5.13. The highest BCUT2D eigenvalue weighted by atomic mass is 35.5. The van der Waals surface area contributed by atoms with Crippen molar-refractivity contribution in [3.05, 3.63) is 81.6 Å². The third-order valence-electron chi connectivity index (χ3n) is 7.74. The molecule has 9 heteroatoms. The van der Waals surface area contributed by atoms with Crippen LogP contribution in [0.5, 0.6) is 0 Å². The lowest BCUT2D eigenvalue weighted by Gasteiger charge is -2.37. The fourth-order valence-corrected chi connectivity index (χ4v) is 6.57. The highest BCUT2D eigenvalue weighted by molar-refractivity contribution is 6.36. The molecule has 6 atom stereocenters. The number of nitrogens with zero attached hydrogens (tertiary/aromatic N) is 2. The topological polar surface area (TPSA) is 74.8 Å². The lowest BCUT2D eigenvalue weighted by molar-refractivity contribution is -0.154. The maximum atomic E-state index is 13.7. The maximum Gasteiger partial charge on any atom is 0.274 e. The average molecular weight is 513 g/mol. The number of Topliss-reactive ketones (excluding diaryl/α,β-unsaturated/α-hetero) is 1. The van der Waals surface area contributed by atoms with Gasteiger partial charge >= 0.3 is 0 Å². The monoisotopic (exact) mass is 512 g/mol. The zero-order chi connectivity index (χ0) is 24.6. The minimum atomic E-state index is -0.770. The minimum Gasteiger partial charge on any atom is -0.292 e. The standard InChI is InChI=1S/C26H19Cl2FN2O4/c27-13-3-6-17(20(28)9-13)24(33)30(11-21(32)12-1-4-14(29)5-2-12)31-25(34)22-15-7-8-16(19-10-18(15)19)23(22)26(31)35/h1-9,15-16,18-19,22-23H,10-11H2/t15-,16-,18-,19+,22-,23+/m0/s1. The molecule has 2 saturated carbocycles. The number of halogens is 3. The van der Waals surface area contributed by atoms with Crippen molar-refractivity contribution in [1.82, 2.24) is 10.0 Å². The number of allylic oxidation sites excluding steroid dienone is 2. The number of hydrogen-bond acceptors (Lipinski definition) is 4. The molecule has 178 valence electrons. The van der Waals surface area contributed by atoms with Gasteiger partial charge < -0.3 is 0 Å². The van der Waals surface area contributed by atoms with Gasteiger partial charge in [-0.1, -0.05) is 35.4 Å². The molecule has 0 radical (unpaired) electrons. The Morgan fingerprint density at radius 1 is 0.943 bits per heavy atom. The number of imide groups is 1. The second-order valence-corrected chi connectivity index (χ2v) is 10.4. The molecule has 2 aromatic rings. The van der Waals surface area contributed by atoms with Gasteiger partial charge in [-0.3, -0.25) is 19.2 Å². The fourth-order valence-electron chi connectivity index (χ4n) is 6.08. The minimum absolute atomic E-state index is 0.00221. The van der Waals surface area contributed by atoms with E-state index in [1.54, 1.807) is 0 Å². The van der Waals surface area contributed by atoms with Gasteiger partial charge in [-0.15, -0.1) is 0 Å². The Hall–Kier alpha value is -3.03. The van der Waals surface area contributed by atoms with Crippen LogP contribution >= 0.6 is 23.2 Å². The SMILES string of the molecule is O=C(CN(C(=O)c1ccc(Cl)cc1Cl)N1C(=O)[C@@H]2[C@H]3C=C[C@@H]([C@@H]4C[C@H]34)[C@@H]2C1=O)c1ccc(F)cc1. The van der Waals surface area contributed by atoms with Crippen LogP contribution in [0.3, 0.4) is 0 Å². The first-order valence-corrected chi connectivity index (χ1v) is 12.1. The third-order valence-corrected chi connectivity index (χ3v) is 8.28. The Labute approximate surface area is 210 Å². The number of hydrazine groups is 1. The maximum absolute atomic E-state index is 13.7. The van der Waals surface area contributed by atoms with Crippen LogP contribution in [0.2, 0.25) is 10.0 Å². The number of carbonyl (C=O) groups excluding carboxylic acids is 4. The van der Waals surface area contributed by atoms with Crippen molar-refractivity contribution in [3.63, 3.8) is 0 Å². The van der Waals surface area contributed by atoms with E-state index in [-0.39, 0.29) is 28.0 Å². The van der Waals surface area contributed by atoms with Crippen molar-refractivity contribution >= 4 is 46.7 Å². The molecule has 0 unspecified atom stereocenters. The van der Waals surface area contributed by atoms with Gasteiger partial charge in [-0.25, -0.2) is 9.40 Å². The molecular weight excluding hydrogens is 494 g/mol. The predicted molar refractivity (Wildman–Crippen MR) is 125 cm³/mol. The van der Waals surface area contributed by atoms with E-state index in [1.807, 2.05) is 12.2 Å². The summed E-state index contributed by atoms with van der Waals surface area (Å²) in [5.41, 5.74) is 0.147. The third kappa shape index (κ3) is 3.44. The largest absolute Gasteiger partial charge is 0.292 e. The number of amides is 3. The van der Waals surface area contributed by atoms with Crippen LogP contribution < -0.4 is 0 Å². The molecule has 1 heterocycles. The van der Waals surface area contributed by atoms with Gasteiger partial charge in [0.2, 0.25) is 0 Å². The Balaban J connectivity index is 1.38. The second-order valence-electron chi connectivity index (χ2n) is 9.56. The molecule has 2 bridgehead atoms. The van der Waals surface area contributed by atoms with Gasteiger partial charge in [-0.2, -0.15) is 5.01 Å². The van der Waals surface area contributed by atoms with Crippen LogP contribution in [-0.2, 0) is 9.59 Å². The van der Waals surface area contributed by atoms with Gasteiger partial charge in [0.25, 0.3) is 17.7 Å². The van der Waals surface area contributed by atoms with Crippen LogP contribution in [0.1, 0.15) is 27.1 Å². The molecule has 6 nitrogen and oxygen atoms in total. The quantitative estimate of drug-likeness (QED) is 0.337. The summed E-state index contributed by atoms with van der Waals surface area (Å²) >= 11 is 12.2. The van der Waals surface area contributed by atoms with E-state index in [4.69, 9.17) is 23.2 Å². The average Bonchev–Trinajstić information content (AvgIpc) is 3.61. The lowest BCUT2D eigenvalue weighted by atomic mass is 9.63. The molecule has 3 amide bonds. The van der Waals surface area contributed by atoms with Crippen molar-refractivity contribution < 1.29 is 23.6 Å². The van der Waals surface area contributed by atoms with E-state index < -0.39 is 47.7 Å². The van der Waals surface area contributed by atoms with Crippen molar-refractivity contribution in [2.75, 3.05) is 6.54 Å². The highest BCUT2D eigenvalue weighted by Gasteiger charge is 2.68. The molecule has 1 saturated heterocycles. The summed E-state index contributed by atoms with van der Waals surface area (Å²) in [6.45, 7) is -0.587. The number of benzene rings is 2. The van der Waals surface area contributed by atoms with E-state index >= 15 is 0 Å².